The van der Waals surface area contributed by atoms with Crippen molar-refractivity contribution < 1.29 is 4.74 Å². The Balaban J connectivity index is 1.61. The summed E-state index contributed by atoms with van der Waals surface area (Å²) in [4.78, 5) is 19.0. The van der Waals surface area contributed by atoms with E-state index in [1.165, 1.54) is 12.0 Å². The van der Waals surface area contributed by atoms with E-state index >= 15 is 0 Å². The van der Waals surface area contributed by atoms with Crippen LogP contribution >= 0.6 is 0 Å². The second-order valence-electron chi connectivity index (χ2n) is 9.79. The monoisotopic (exact) mass is 472 g/mol. The van der Waals surface area contributed by atoms with Gasteiger partial charge in [0, 0.05) is 12.1 Å². The normalized spacial score (nSPS) is 17.5. The Morgan fingerprint density at radius 3 is 2.71 bits per heavy atom. The Kier molecular flexibility index (Phi) is 6.38. The highest BCUT2D eigenvalue weighted by molar-refractivity contribution is 5.83. The van der Waals surface area contributed by atoms with Gasteiger partial charge in [-0.1, -0.05) is 30.7 Å². The molecule has 0 spiro atoms. The number of tetrazole rings is 1. The molecule has 8 heteroatoms. The molecule has 0 saturated carbocycles. The summed E-state index contributed by atoms with van der Waals surface area (Å²) >= 11 is 0. The summed E-state index contributed by atoms with van der Waals surface area (Å²) in [5, 5.41) is 13.8. The first kappa shape index (κ1) is 23.2. The predicted octanol–water partition coefficient (Wildman–Crippen LogP) is 4.01. The molecule has 5 rings (SSSR count). The van der Waals surface area contributed by atoms with Crippen LogP contribution in [0.25, 0.3) is 10.9 Å². The number of hydrogen-bond donors (Lipinski definition) is 1. The SMILES string of the molecule is COc1ccc(Cn2nnnc2[C@@H](c2cc3cc(C)cc(C)c3[nH]c2=O)N2CCC[C@@H](C)C2)cc1. The van der Waals surface area contributed by atoms with Crippen LogP contribution in [0.15, 0.2) is 47.3 Å². The molecule has 1 aliphatic heterocycles. The second-order valence-corrected chi connectivity index (χ2v) is 9.79. The number of piperidine rings is 1. The second kappa shape index (κ2) is 9.62. The lowest BCUT2D eigenvalue weighted by Crippen LogP contribution is -2.41. The molecule has 182 valence electrons. The molecule has 1 N–H and O–H groups in total. The number of fused-ring (bicyclic) bond motifs is 1. The standard InChI is InChI=1S/C27H32N6O2/c1-17-6-5-11-32(15-17)25(23-14-21-13-18(2)12-19(3)24(21)28-27(23)34)26-29-30-31-33(26)16-20-7-9-22(35-4)10-8-20/h7-10,12-14,17,25H,5-6,11,15-16H2,1-4H3,(H,28,34)/t17-,25-/m1/s1. The fourth-order valence-electron chi connectivity index (χ4n) is 5.29. The Morgan fingerprint density at radius 2 is 1.97 bits per heavy atom. The summed E-state index contributed by atoms with van der Waals surface area (Å²) in [6, 6.07) is 13.8. The molecule has 0 unspecified atom stereocenters. The molecule has 2 aromatic heterocycles. The van der Waals surface area contributed by atoms with Crippen LogP contribution in [0.1, 0.15) is 53.9 Å². The number of H-pyrrole nitrogens is 1. The zero-order valence-electron chi connectivity index (χ0n) is 20.8. The van der Waals surface area contributed by atoms with Crippen LogP contribution in [-0.2, 0) is 6.54 Å². The van der Waals surface area contributed by atoms with E-state index in [4.69, 9.17) is 4.74 Å². The van der Waals surface area contributed by atoms with Gasteiger partial charge >= 0.3 is 0 Å². The average molecular weight is 473 g/mol. The van der Waals surface area contributed by atoms with Crippen LogP contribution in [0.5, 0.6) is 5.75 Å². The maximum absolute atomic E-state index is 13.5. The summed E-state index contributed by atoms with van der Waals surface area (Å²) in [5.41, 5.74) is 4.77. The first-order valence-electron chi connectivity index (χ1n) is 12.2. The Hall–Kier alpha value is -3.52. The van der Waals surface area contributed by atoms with Crippen molar-refractivity contribution in [1.82, 2.24) is 30.1 Å². The van der Waals surface area contributed by atoms with E-state index in [2.05, 4.69) is 51.4 Å². The third-order valence-corrected chi connectivity index (χ3v) is 6.97. The molecule has 0 bridgehead atoms. The first-order valence-corrected chi connectivity index (χ1v) is 12.2. The quantitative estimate of drug-likeness (QED) is 0.456. The molecule has 0 aliphatic carbocycles. The van der Waals surface area contributed by atoms with Gasteiger partial charge in [-0.2, -0.15) is 0 Å². The highest BCUT2D eigenvalue weighted by Crippen LogP contribution is 2.31. The third kappa shape index (κ3) is 4.71. The minimum Gasteiger partial charge on any atom is -0.497 e. The van der Waals surface area contributed by atoms with Crippen LogP contribution in [0.3, 0.4) is 0 Å². The maximum atomic E-state index is 13.5. The van der Waals surface area contributed by atoms with Crippen molar-refractivity contribution in [2.45, 2.75) is 46.2 Å². The molecule has 0 amide bonds. The van der Waals surface area contributed by atoms with Crippen molar-refractivity contribution in [2.24, 2.45) is 5.92 Å². The van der Waals surface area contributed by atoms with Gasteiger partial charge in [0.15, 0.2) is 5.82 Å². The highest BCUT2D eigenvalue weighted by Gasteiger charge is 2.33. The smallest absolute Gasteiger partial charge is 0.253 e. The number of aryl methyl sites for hydroxylation is 2. The van der Waals surface area contributed by atoms with E-state index in [1.54, 1.807) is 7.11 Å². The summed E-state index contributed by atoms with van der Waals surface area (Å²) in [6.45, 7) is 8.68. The van der Waals surface area contributed by atoms with Gasteiger partial charge in [0.2, 0.25) is 0 Å². The van der Waals surface area contributed by atoms with E-state index in [0.29, 0.717) is 23.9 Å². The van der Waals surface area contributed by atoms with Crippen LogP contribution < -0.4 is 10.3 Å². The van der Waals surface area contributed by atoms with E-state index < -0.39 is 0 Å². The average Bonchev–Trinajstić information content (AvgIpc) is 3.28. The molecule has 1 saturated heterocycles. The van der Waals surface area contributed by atoms with E-state index in [-0.39, 0.29) is 11.6 Å². The summed E-state index contributed by atoms with van der Waals surface area (Å²) in [5.74, 6) is 2.03. The number of aromatic nitrogens is 5. The number of methoxy groups -OCH3 is 1. The molecule has 0 radical (unpaired) electrons. The number of hydrogen-bond acceptors (Lipinski definition) is 6. The number of aromatic amines is 1. The van der Waals surface area contributed by atoms with Gasteiger partial charge in [0.1, 0.15) is 11.8 Å². The lowest BCUT2D eigenvalue weighted by atomic mass is 9.95. The van der Waals surface area contributed by atoms with Gasteiger partial charge in [0.25, 0.3) is 5.56 Å². The first-order chi connectivity index (χ1) is 16.9. The largest absolute Gasteiger partial charge is 0.497 e. The minimum absolute atomic E-state index is 0.0910. The molecular weight excluding hydrogens is 440 g/mol. The van der Waals surface area contributed by atoms with Gasteiger partial charge in [-0.05, 0) is 90.4 Å². The number of nitrogens with zero attached hydrogens (tertiary/aromatic N) is 5. The minimum atomic E-state index is -0.333. The van der Waals surface area contributed by atoms with Gasteiger partial charge in [-0.15, -0.1) is 5.10 Å². The van der Waals surface area contributed by atoms with Gasteiger partial charge in [-0.25, -0.2) is 4.68 Å². The Labute approximate surface area is 204 Å². The van der Waals surface area contributed by atoms with E-state index in [9.17, 15) is 4.79 Å². The molecule has 4 aromatic rings. The number of nitrogens with one attached hydrogen (secondary N) is 1. The third-order valence-electron chi connectivity index (χ3n) is 6.97. The number of pyridine rings is 1. The van der Waals surface area contributed by atoms with Crippen molar-refractivity contribution in [3.8, 4) is 5.75 Å². The van der Waals surface area contributed by atoms with Crippen LogP contribution in [-0.4, -0.2) is 50.3 Å². The number of rotatable bonds is 6. The molecule has 1 fully saturated rings. The van der Waals surface area contributed by atoms with Crippen molar-refractivity contribution in [2.75, 3.05) is 20.2 Å². The topological polar surface area (TPSA) is 88.9 Å². The van der Waals surface area contributed by atoms with Crippen LogP contribution in [0, 0.1) is 19.8 Å². The van der Waals surface area contributed by atoms with Gasteiger partial charge < -0.3 is 9.72 Å². The zero-order chi connectivity index (χ0) is 24.5. The predicted molar refractivity (Wildman–Crippen MR) is 136 cm³/mol. The van der Waals surface area contributed by atoms with Crippen molar-refractivity contribution in [3.05, 3.63) is 80.9 Å². The lowest BCUT2D eigenvalue weighted by Gasteiger charge is -2.36. The zero-order valence-corrected chi connectivity index (χ0v) is 20.8. The Morgan fingerprint density at radius 1 is 1.17 bits per heavy atom. The highest BCUT2D eigenvalue weighted by atomic mass is 16.5. The molecule has 2 aromatic carbocycles. The fourth-order valence-corrected chi connectivity index (χ4v) is 5.29. The fraction of sp³-hybridized carbons (Fsp3) is 0.407. The number of likely N-dealkylation sites (tertiary alicyclic amines) is 1. The summed E-state index contributed by atoms with van der Waals surface area (Å²) < 4.78 is 7.10. The molecule has 8 nitrogen and oxygen atoms in total. The number of ether oxygens (including phenoxy) is 1. The molecular formula is C27H32N6O2. The van der Waals surface area contributed by atoms with Crippen molar-refractivity contribution in [3.63, 3.8) is 0 Å². The van der Waals surface area contributed by atoms with Gasteiger partial charge in [0.05, 0.1) is 19.2 Å². The van der Waals surface area contributed by atoms with E-state index in [1.807, 2.05) is 41.9 Å². The maximum Gasteiger partial charge on any atom is 0.253 e. The van der Waals surface area contributed by atoms with Crippen LogP contribution in [0.4, 0.5) is 0 Å². The van der Waals surface area contributed by atoms with E-state index in [0.717, 1.165) is 47.3 Å². The van der Waals surface area contributed by atoms with Crippen LogP contribution in [0.2, 0.25) is 0 Å². The molecule has 2 atom stereocenters. The Bertz CT molecular complexity index is 1390. The van der Waals surface area contributed by atoms with Gasteiger partial charge in [-0.3, -0.25) is 9.69 Å². The summed E-state index contributed by atoms with van der Waals surface area (Å²) in [7, 11) is 1.66. The molecule has 35 heavy (non-hydrogen) atoms. The molecule has 1 aliphatic rings. The molecule has 3 heterocycles. The number of benzene rings is 2. The summed E-state index contributed by atoms with van der Waals surface area (Å²) in [6.07, 6.45) is 2.27. The van der Waals surface area contributed by atoms with Crippen molar-refractivity contribution >= 4 is 10.9 Å². The van der Waals surface area contributed by atoms with Crippen molar-refractivity contribution in [1.29, 1.82) is 0 Å². The lowest BCUT2D eigenvalue weighted by molar-refractivity contribution is 0.141.